The first kappa shape index (κ1) is 22.7. The lowest BCUT2D eigenvalue weighted by atomic mass is 10.1. The molecule has 0 saturated heterocycles. The predicted octanol–water partition coefficient (Wildman–Crippen LogP) is 4.06. The molecule has 9 heteroatoms. The Morgan fingerprint density at radius 1 is 1.12 bits per heavy atom. The molecule has 2 aromatic carbocycles. The fraction of sp³-hybridized carbons (Fsp3) is 0.261. The number of rotatable bonds is 7. The molecule has 0 aliphatic heterocycles. The zero-order valence-electron chi connectivity index (χ0n) is 18.3. The molecule has 0 atom stereocenters. The van der Waals surface area contributed by atoms with Gasteiger partial charge in [-0.1, -0.05) is 6.07 Å². The number of nitrogens with zero attached hydrogens (tertiary/aromatic N) is 3. The van der Waals surface area contributed by atoms with Crippen LogP contribution in [0.15, 0.2) is 42.5 Å². The topological polar surface area (TPSA) is 116 Å². The Labute approximate surface area is 185 Å². The van der Waals surface area contributed by atoms with Crippen LogP contribution in [-0.4, -0.2) is 33.7 Å². The smallest absolute Gasteiger partial charge is 0.305 e. The van der Waals surface area contributed by atoms with Crippen molar-refractivity contribution in [2.75, 3.05) is 12.4 Å². The number of ether oxygens (including phenoxy) is 1. The van der Waals surface area contributed by atoms with Crippen molar-refractivity contribution in [2.24, 2.45) is 0 Å². The number of anilines is 1. The molecule has 3 aromatic rings. The minimum absolute atomic E-state index is 0.0503. The van der Waals surface area contributed by atoms with Gasteiger partial charge in [-0.3, -0.25) is 19.7 Å². The third kappa shape index (κ3) is 4.83. The lowest BCUT2D eigenvalue weighted by Crippen LogP contribution is -2.12. The van der Waals surface area contributed by atoms with Gasteiger partial charge < -0.3 is 10.1 Å². The van der Waals surface area contributed by atoms with Crippen LogP contribution in [0.5, 0.6) is 0 Å². The summed E-state index contributed by atoms with van der Waals surface area (Å²) in [6.45, 7) is 5.46. The SMILES string of the molecule is COC(=O)CCc1c(C)nn(-c2ccc(C(=O)Nc3ccc(C)c([N+](=O)[O-])c3)cc2)c1C. The number of nitrogens with one attached hydrogen (secondary N) is 1. The van der Waals surface area contributed by atoms with Crippen molar-refractivity contribution in [3.05, 3.63) is 80.7 Å². The number of aromatic nitrogens is 2. The summed E-state index contributed by atoms with van der Waals surface area (Å²) in [5.41, 5.74) is 4.73. The molecular formula is C23H24N4O5. The fourth-order valence-electron chi connectivity index (χ4n) is 3.46. The van der Waals surface area contributed by atoms with Gasteiger partial charge in [0.25, 0.3) is 11.6 Å². The van der Waals surface area contributed by atoms with Gasteiger partial charge in [0, 0.05) is 35.0 Å². The van der Waals surface area contributed by atoms with Crippen molar-refractivity contribution in [3.63, 3.8) is 0 Å². The molecule has 0 spiro atoms. The lowest BCUT2D eigenvalue weighted by Gasteiger charge is -2.09. The molecule has 3 rings (SSSR count). The van der Waals surface area contributed by atoms with Gasteiger partial charge in [0.15, 0.2) is 0 Å². The first-order valence-electron chi connectivity index (χ1n) is 10.00. The van der Waals surface area contributed by atoms with Gasteiger partial charge in [0.05, 0.1) is 23.4 Å². The maximum Gasteiger partial charge on any atom is 0.305 e. The molecular weight excluding hydrogens is 412 g/mol. The largest absolute Gasteiger partial charge is 0.469 e. The molecule has 0 aliphatic carbocycles. The maximum absolute atomic E-state index is 12.6. The van der Waals surface area contributed by atoms with Crippen LogP contribution in [0.2, 0.25) is 0 Å². The van der Waals surface area contributed by atoms with Crippen LogP contribution in [0.1, 0.15) is 39.3 Å². The summed E-state index contributed by atoms with van der Waals surface area (Å²) in [7, 11) is 1.36. The summed E-state index contributed by atoms with van der Waals surface area (Å²) in [4.78, 5) is 34.7. The summed E-state index contributed by atoms with van der Waals surface area (Å²) < 4.78 is 6.48. The zero-order valence-corrected chi connectivity index (χ0v) is 18.3. The number of esters is 1. The Balaban J connectivity index is 1.77. The molecule has 0 bridgehead atoms. The first-order valence-corrected chi connectivity index (χ1v) is 10.00. The minimum Gasteiger partial charge on any atom is -0.469 e. The minimum atomic E-state index is -0.479. The second kappa shape index (κ2) is 9.42. The number of aryl methyl sites for hydroxylation is 2. The van der Waals surface area contributed by atoms with E-state index in [1.54, 1.807) is 48.0 Å². The van der Waals surface area contributed by atoms with Gasteiger partial charge in [-0.05, 0) is 63.1 Å². The number of amides is 1. The summed E-state index contributed by atoms with van der Waals surface area (Å²) in [5.74, 6) is -0.646. The van der Waals surface area contributed by atoms with Crippen molar-refractivity contribution in [3.8, 4) is 5.69 Å². The quantitative estimate of drug-likeness (QED) is 0.339. The van der Waals surface area contributed by atoms with Crippen LogP contribution in [0.3, 0.4) is 0 Å². The predicted molar refractivity (Wildman–Crippen MR) is 119 cm³/mol. The van der Waals surface area contributed by atoms with Crippen molar-refractivity contribution >= 4 is 23.3 Å². The van der Waals surface area contributed by atoms with Gasteiger partial charge in [0.1, 0.15) is 0 Å². The van der Waals surface area contributed by atoms with E-state index in [-0.39, 0.29) is 24.0 Å². The Hall–Kier alpha value is -4.01. The Kier molecular flexibility index (Phi) is 6.67. The van der Waals surface area contributed by atoms with Crippen molar-refractivity contribution < 1.29 is 19.2 Å². The van der Waals surface area contributed by atoms with E-state index in [1.807, 2.05) is 13.8 Å². The second-order valence-corrected chi connectivity index (χ2v) is 7.40. The van der Waals surface area contributed by atoms with E-state index in [0.29, 0.717) is 23.2 Å². The maximum atomic E-state index is 12.6. The van der Waals surface area contributed by atoms with Gasteiger partial charge in [-0.25, -0.2) is 4.68 Å². The Bertz CT molecular complexity index is 1180. The average molecular weight is 436 g/mol. The van der Waals surface area contributed by atoms with Crippen LogP contribution < -0.4 is 5.32 Å². The number of nitro groups is 1. The van der Waals surface area contributed by atoms with Crippen molar-refractivity contribution in [1.82, 2.24) is 9.78 Å². The second-order valence-electron chi connectivity index (χ2n) is 7.40. The molecule has 1 amide bonds. The standard InChI is InChI=1S/C23H24N4O5/c1-14-5-8-18(13-21(14)27(30)31)24-23(29)17-6-9-19(10-7-17)26-16(3)20(15(2)25-26)11-12-22(28)32-4/h5-10,13H,11-12H2,1-4H3,(H,24,29). The molecule has 1 N–H and O–H groups in total. The summed E-state index contributed by atoms with van der Waals surface area (Å²) in [6, 6.07) is 11.4. The van der Waals surface area contributed by atoms with Gasteiger partial charge in [-0.2, -0.15) is 5.10 Å². The van der Waals surface area contributed by atoms with Crippen LogP contribution in [0.4, 0.5) is 11.4 Å². The van der Waals surface area contributed by atoms with E-state index in [0.717, 1.165) is 22.6 Å². The number of carbonyl (C=O) groups excluding carboxylic acids is 2. The van der Waals surface area contributed by atoms with Crippen molar-refractivity contribution in [1.29, 1.82) is 0 Å². The van der Waals surface area contributed by atoms with Gasteiger partial charge in [-0.15, -0.1) is 0 Å². The third-order valence-corrected chi connectivity index (χ3v) is 5.29. The van der Waals surface area contributed by atoms with E-state index in [2.05, 4.69) is 10.4 Å². The fourth-order valence-corrected chi connectivity index (χ4v) is 3.46. The highest BCUT2D eigenvalue weighted by Crippen LogP contribution is 2.23. The highest BCUT2D eigenvalue weighted by atomic mass is 16.6. The molecule has 0 saturated carbocycles. The number of benzene rings is 2. The molecule has 32 heavy (non-hydrogen) atoms. The molecule has 0 fully saturated rings. The zero-order chi connectivity index (χ0) is 23.4. The molecule has 9 nitrogen and oxygen atoms in total. The molecule has 1 heterocycles. The molecule has 1 aromatic heterocycles. The summed E-state index contributed by atoms with van der Waals surface area (Å²) in [6.07, 6.45) is 0.813. The van der Waals surface area contributed by atoms with E-state index in [1.165, 1.54) is 13.2 Å². The lowest BCUT2D eigenvalue weighted by molar-refractivity contribution is -0.385. The van der Waals surface area contributed by atoms with E-state index in [4.69, 9.17) is 4.74 Å². The molecule has 166 valence electrons. The summed E-state index contributed by atoms with van der Waals surface area (Å²) in [5, 5.41) is 18.4. The highest BCUT2D eigenvalue weighted by molar-refractivity contribution is 6.04. The Morgan fingerprint density at radius 2 is 1.81 bits per heavy atom. The normalized spacial score (nSPS) is 10.6. The molecule has 0 unspecified atom stereocenters. The van der Waals surface area contributed by atoms with Crippen molar-refractivity contribution in [2.45, 2.75) is 33.6 Å². The number of nitro benzene ring substituents is 1. The van der Waals surface area contributed by atoms with Gasteiger partial charge >= 0.3 is 5.97 Å². The van der Waals surface area contributed by atoms with E-state index in [9.17, 15) is 19.7 Å². The van der Waals surface area contributed by atoms with E-state index >= 15 is 0 Å². The van der Waals surface area contributed by atoms with Crippen LogP contribution in [-0.2, 0) is 16.0 Å². The van der Waals surface area contributed by atoms with Gasteiger partial charge in [0.2, 0.25) is 0 Å². The number of hydrogen-bond donors (Lipinski definition) is 1. The number of hydrogen-bond acceptors (Lipinski definition) is 6. The highest BCUT2D eigenvalue weighted by Gasteiger charge is 2.16. The van der Waals surface area contributed by atoms with Crippen LogP contribution in [0, 0.1) is 30.9 Å². The molecule has 0 radical (unpaired) electrons. The third-order valence-electron chi connectivity index (χ3n) is 5.29. The van der Waals surface area contributed by atoms with E-state index < -0.39 is 4.92 Å². The van der Waals surface area contributed by atoms with Crippen LogP contribution in [0.25, 0.3) is 5.69 Å². The average Bonchev–Trinajstić information content (AvgIpc) is 3.06. The monoisotopic (exact) mass is 436 g/mol. The first-order chi connectivity index (χ1) is 15.2. The number of carbonyl (C=O) groups is 2. The number of methoxy groups -OCH3 is 1. The summed E-state index contributed by atoms with van der Waals surface area (Å²) >= 11 is 0. The van der Waals surface area contributed by atoms with Crippen LogP contribution >= 0.6 is 0 Å². The Morgan fingerprint density at radius 3 is 2.44 bits per heavy atom. The molecule has 0 aliphatic rings.